The average Bonchev–Trinajstić information content (AvgIpc) is 3.38. The van der Waals surface area contributed by atoms with Crippen LogP contribution in [-0.2, 0) is 16.1 Å². The molecule has 1 aliphatic heterocycles. The normalized spacial score (nSPS) is 15.4. The first kappa shape index (κ1) is 26.6. The van der Waals surface area contributed by atoms with Crippen molar-refractivity contribution < 1.29 is 14.3 Å². The summed E-state index contributed by atoms with van der Waals surface area (Å²) in [5, 5.41) is 13.7. The summed E-state index contributed by atoms with van der Waals surface area (Å²) in [7, 11) is 1.63. The number of nitrogens with zero attached hydrogens (tertiary/aromatic N) is 5. The third-order valence-electron chi connectivity index (χ3n) is 7.59. The van der Waals surface area contributed by atoms with Crippen LogP contribution in [0.25, 0.3) is 10.9 Å². The first-order valence-corrected chi connectivity index (χ1v) is 13.3. The Kier molecular flexibility index (Phi) is 7.74. The monoisotopic (exact) mass is 530 g/mol. The number of aromatic nitrogens is 5. The van der Waals surface area contributed by atoms with Gasteiger partial charge in [0, 0.05) is 24.2 Å². The quantitative estimate of drug-likeness (QED) is 0.344. The number of hydrogen-bond donors (Lipinski definition) is 1. The average molecular weight is 531 g/mol. The van der Waals surface area contributed by atoms with E-state index in [1.807, 2.05) is 50.2 Å². The van der Waals surface area contributed by atoms with Gasteiger partial charge < -0.3 is 14.5 Å². The molecule has 204 valence electrons. The maximum atomic E-state index is 13.6. The van der Waals surface area contributed by atoms with E-state index in [4.69, 9.17) is 9.47 Å². The lowest BCUT2D eigenvalue weighted by atomic mass is 9.93. The minimum atomic E-state index is -0.490. The van der Waals surface area contributed by atoms with Gasteiger partial charge in [-0.05, 0) is 96.4 Å². The molecule has 1 saturated heterocycles. The van der Waals surface area contributed by atoms with Crippen LogP contribution < -0.4 is 10.3 Å². The molecule has 10 nitrogen and oxygen atoms in total. The molecule has 1 N–H and O–H groups in total. The number of likely N-dealkylation sites (tertiary alicyclic amines) is 1. The van der Waals surface area contributed by atoms with Crippen molar-refractivity contribution in [1.29, 1.82) is 0 Å². The zero-order valence-electron chi connectivity index (χ0n) is 22.8. The number of pyridine rings is 1. The predicted molar refractivity (Wildman–Crippen MR) is 147 cm³/mol. The number of nitrogens with one attached hydrogen (secondary N) is 1. The van der Waals surface area contributed by atoms with Crippen molar-refractivity contribution in [2.45, 2.75) is 46.2 Å². The molecule has 0 radical (unpaired) electrons. The van der Waals surface area contributed by atoms with E-state index in [2.05, 4.69) is 38.4 Å². The number of H-pyrrole nitrogens is 1. The third-order valence-corrected chi connectivity index (χ3v) is 7.59. The molecule has 1 aliphatic rings. The number of piperidine rings is 1. The zero-order valence-corrected chi connectivity index (χ0v) is 22.8. The van der Waals surface area contributed by atoms with Crippen LogP contribution in [0.15, 0.2) is 47.3 Å². The maximum Gasteiger partial charge on any atom is 0.309 e. The van der Waals surface area contributed by atoms with Gasteiger partial charge in [0.25, 0.3) is 5.56 Å². The minimum absolute atomic E-state index is 0.155. The Morgan fingerprint density at radius 1 is 1.10 bits per heavy atom. The van der Waals surface area contributed by atoms with Gasteiger partial charge in [-0.2, -0.15) is 0 Å². The van der Waals surface area contributed by atoms with Crippen molar-refractivity contribution in [1.82, 2.24) is 30.1 Å². The molecule has 0 unspecified atom stereocenters. The summed E-state index contributed by atoms with van der Waals surface area (Å²) < 4.78 is 12.3. The number of aromatic amines is 1. The first-order chi connectivity index (χ1) is 18.9. The molecule has 2 aromatic carbocycles. The SMILES string of the molecule is CCOC(=O)C1CCN([C@@H](c2cc3cc(C)c(C)cc3[nH]c2=O)c2nnnn2Cc2ccc(OC)cc2)CC1. The molecule has 5 rings (SSSR count). The van der Waals surface area contributed by atoms with Gasteiger partial charge in [-0.25, -0.2) is 4.68 Å². The standard InChI is InChI=1S/C29H34N6O4/c1-5-39-29(37)21-10-12-34(13-11-21)26(24-16-22-14-18(2)19(3)15-25(22)30-28(24)36)27-31-32-33-35(27)17-20-6-8-23(38-4)9-7-20/h6-9,14-16,21,26H,5,10-13,17H2,1-4H3,(H,30,36)/t26-/m0/s1. The van der Waals surface area contributed by atoms with E-state index in [0.717, 1.165) is 33.3 Å². The summed E-state index contributed by atoms with van der Waals surface area (Å²) in [6.45, 7) is 7.93. The molecular formula is C29H34N6O4. The van der Waals surface area contributed by atoms with E-state index < -0.39 is 6.04 Å². The molecule has 39 heavy (non-hydrogen) atoms. The predicted octanol–water partition coefficient (Wildman–Crippen LogP) is 3.55. The van der Waals surface area contributed by atoms with Crippen LogP contribution in [0.5, 0.6) is 5.75 Å². The van der Waals surface area contributed by atoms with Crippen LogP contribution in [-0.4, -0.2) is 62.9 Å². The largest absolute Gasteiger partial charge is 0.497 e. The highest BCUT2D eigenvalue weighted by atomic mass is 16.5. The summed E-state index contributed by atoms with van der Waals surface area (Å²) >= 11 is 0. The fourth-order valence-electron chi connectivity index (χ4n) is 5.27. The van der Waals surface area contributed by atoms with Gasteiger partial charge in [0.1, 0.15) is 11.8 Å². The molecule has 4 aromatic rings. The molecule has 1 fully saturated rings. The van der Waals surface area contributed by atoms with Gasteiger partial charge in [0.2, 0.25) is 0 Å². The van der Waals surface area contributed by atoms with E-state index in [1.165, 1.54) is 0 Å². The topological polar surface area (TPSA) is 115 Å². The van der Waals surface area contributed by atoms with E-state index in [0.29, 0.717) is 50.5 Å². The van der Waals surface area contributed by atoms with Gasteiger partial charge >= 0.3 is 5.97 Å². The Morgan fingerprint density at radius 3 is 2.51 bits per heavy atom. The van der Waals surface area contributed by atoms with Crippen LogP contribution in [0.1, 0.15) is 53.9 Å². The lowest BCUT2D eigenvalue weighted by Gasteiger charge is -2.36. The molecule has 3 heterocycles. The zero-order chi connectivity index (χ0) is 27.5. The van der Waals surface area contributed by atoms with Gasteiger partial charge in [0.05, 0.1) is 26.2 Å². The van der Waals surface area contributed by atoms with Crippen molar-refractivity contribution in [3.05, 3.63) is 80.9 Å². The third kappa shape index (κ3) is 5.56. The molecule has 0 amide bonds. The number of carbonyl (C=O) groups excluding carboxylic acids is 1. The van der Waals surface area contributed by atoms with Crippen molar-refractivity contribution in [2.75, 3.05) is 26.8 Å². The molecule has 2 aromatic heterocycles. The number of tetrazole rings is 1. The molecule has 1 atom stereocenters. The van der Waals surface area contributed by atoms with Crippen LogP contribution in [0.4, 0.5) is 0 Å². The fourth-order valence-corrected chi connectivity index (χ4v) is 5.27. The number of aryl methyl sites for hydroxylation is 2. The second kappa shape index (κ2) is 11.4. The Balaban J connectivity index is 1.54. The Labute approximate surface area is 226 Å². The number of methoxy groups -OCH3 is 1. The number of fused-ring (bicyclic) bond motifs is 1. The fraction of sp³-hybridized carbons (Fsp3) is 0.414. The van der Waals surface area contributed by atoms with Crippen LogP contribution in [0, 0.1) is 19.8 Å². The maximum absolute atomic E-state index is 13.6. The molecular weight excluding hydrogens is 496 g/mol. The number of esters is 1. The summed E-state index contributed by atoms with van der Waals surface area (Å²) in [6, 6.07) is 13.3. The van der Waals surface area contributed by atoms with E-state index in [1.54, 1.807) is 11.8 Å². The molecule has 10 heteroatoms. The summed E-state index contributed by atoms with van der Waals surface area (Å²) in [5.41, 5.74) is 4.46. The lowest BCUT2D eigenvalue weighted by Crippen LogP contribution is -2.42. The smallest absolute Gasteiger partial charge is 0.309 e. The van der Waals surface area contributed by atoms with Gasteiger partial charge in [-0.15, -0.1) is 5.10 Å². The number of carbonyl (C=O) groups is 1. The van der Waals surface area contributed by atoms with Gasteiger partial charge in [-0.1, -0.05) is 12.1 Å². The van der Waals surface area contributed by atoms with Gasteiger partial charge in [-0.3, -0.25) is 14.5 Å². The number of ether oxygens (including phenoxy) is 2. The second-order valence-electron chi connectivity index (χ2n) is 10.1. The molecule has 0 bridgehead atoms. The summed E-state index contributed by atoms with van der Waals surface area (Å²) in [6.07, 6.45) is 1.28. The lowest BCUT2D eigenvalue weighted by molar-refractivity contribution is -0.149. The van der Waals surface area contributed by atoms with Crippen molar-refractivity contribution in [3.8, 4) is 5.75 Å². The summed E-state index contributed by atoms with van der Waals surface area (Å²) in [4.78, 5) is 31.2. The Hall–Kier alpha value is -4.05. The van der Waals surface area contributed by atoms with Crippen LogP contribution in [0.2, 0.25) is 0 Å². The Morgan fingerprint density at radius 2 is 1.82 bits per heavy atom. The Bertz CT molecular complexity index is 1520. The molecule has 0 spiro atoms. The minimum Gasteiger partial charge on any atom is -0.497 e. The van der Waals surface area contributed by atoms with E-state index >= 15 is 0 Å². The van der Waals surface area contributed by atoms with E-state index in [-0.39, 0.29) is 17.4 Å². The molecule has 0 aliphatic carbocycles. The molecule has 0 saturated carbocycles. The highest BCUT2D eigenvalue weighted by Crippen LogP contribution is 2.32. The van der Waals surface area contributed by atoms with Gasteiger partial charge in [0.15, 0.2) is 5.82 Å². The van der Waals surface area contributed by atoms with E-state index in [9.17, 15) is 9.59 Å². The van der Waals surface area contributed by atoms with Crippen LogP contribution >= 0.6 is 0 Å². The van der Waals surface area contributed by atoms with Crippen molar-refractivity contribution >= 4 is 16.9 Å². The van der Waals surface area contributed by atoms with Crippen molar-refractivity contribution in [2.24, 2.45) is 5.92 Å². The number of hydrogen-bond acceptors (Lipinski definition) is 8. The highest BCUT2D eigenvalue weighted by Gasteiger charge is 2.35. The van der Waals surface area contributed by atoms with Crippen LogP contribution in [0.3, 0.4) is 0 Å². The second-order valence-corrected chi connectivity index (χ2v) is 10.1. The first-order valence-electron chi connectivity index (χ1n) is 13.3. The number of rotatable bonds is 8. The highest BCUT2D eigenvalue weighted by molar-refractivity contribution is 5.81. The van der Waals surface area contributed by atoms with Crippen molar-refractivity contribution in [3.63, 3.8) is 0 Å². The number of benzene rings is 2. The summed E-state index contributed by atoms with van der Waals surface area (Å²) in [5.74, 6) is 1.03.